The number of benzene rings is 3. The van der Waals surface area contributed by atoms with Gasteiger partial charge in [0.25, 0.3) is 0 Å². The van der Waals surface area contributed by atoms with Crippen molar-refractivity contribution in [1.82, 2.24) is 9.29 Å². The van der Waals surface area contributed by atoms with Crippen LogP contribution in [0.1, 0.15) is 18.1 Å². The fourth-order valence-corrected chi connectivity index (χ4v) is 5.52. The predicted molar refractivity (Wildman–Crippen MR) is 151 cm³/mol. The number of hydrogen-bond acceptors (Lipinski definition) is 6. The number of carboxylic acids is 1. The van der Waals surface area contributed by atoms with Gasteiger partial charge in [0.05, 0.1) is 19.1 Å². The Hall–Kier alpha value is -4.46. The summed E-state index contributed by atoms with van der Waals surface area (Å²) >= 11 is 0. The van der Waals surface area contributed by atoms with E-state index in [9.17, 15) is 18.3 Å². The van der Waals surface area contributed by atoms with Crippen molar-refractivity contribution in [3.8, 4) is 29.1 Å². The summed E-state index contributed by atoms with van der Waals surface area (Å²) in [4.78, 5) is 12.1. The minimum atomic E-state index is -4.13. The lowest BCUT2D eigenvalue weighted by atomic mass is 10.1. The highest BCUT2D eigenvalue weighted by atomic mass is 32.2. The number of aromatic nitrogens is 1. The maximum atomic E-state index is 13.1. The van der Waals surface area contributed by atoms with Crippen molar-refractivity contribution in [2.24, 2.45) is 0 Å². The van der Waals surface area contributed by atoms with E-state index in [2.05, 4.69) is 16.6 Å². The number of para-hydroxylation sites is 1. The molecule has 4 rings (SSSR count). The fraction of sp³-hybridized carbons (Fsp3) is 0.233. The zero-order valence-corrected chi connectivity index (χ0v) is 23.2. The van der Waals surface area contributed by atoms with E-state index in [-0.39, 0.29) is 17.9 Å². The highest BCUT2D eigenvalue weighted by molar-refractivity contribution is 7.89. The fourth-order valence-electron chi connectivity index (χ4n) is 4.33. The lowest BCUT2D eigenvalue weighted by Gasteiger charge is -2.15. The standard InChI is InChI=1S/C30H30N2O7S/c1-4-5-14-39-23-10-12-26(13-11-23)40(35,36)31-28(30(33)34)17-22-20-32(29-9-7-6-8-27(22)29)19-21-15-24(37-2)18-25(16-21)38-3/h6-13,15-16,18,20,28,31H,14,17,19H2,1-3H3,(H,33,34)/t28-/m1/s1. The number of nitrogens with one attached hydrogen (secondary N) is 1. The summed E-state index contributed by atoms with van der Waals surface area (Å²) in [6.07, 6.45) is 1.80. The zero-order chi connectivity index (χ0) is 28.7. The average Bonchev–Trinajstić information content (AvgIpc) is 3.29. The SMILES string of the molecule is CC#CCOc1ccc(S(=O)(=O)N[C@H](Cc2cn(Cc3cc(OC)cc(OC)c3)c3ccccc23)C(=O)O)cc1. The first kappa shape index (κ1) is 28.5. The summed E-state index contributed by atoms with van der Waals surface area (Å²) in [5, 5.41) is 10.8. The lowest BCUT2D eigenvalue weighted by molar-refractivity contribution is -0.138. The molecule has 9 nitrogen and oxygen atoms in total. The van der Waals surface area contributed by atoms with E-state index in [1.165, 1.54) is 24.3 Å². The normalized spacial score (nSPS) is 11.9. The van der Waals surface area contributed by atoms with Crippen LogP contribution in [-0.4, -0.2) is 50.9 Å². The second-order valence-corrected chi connectivity index (χ2v) is 10.6. The van der Waals surface area contributed by atoms with Gasteiger partial charge in [-0.15, -0.1) is 5.92 Å². The molecule has 1 heterocycles. The lowest BCUT2D eigenvalue weighted by Crippen LogP contribution is -2.42. The molecule has 0 saturated carbocycles. The molecule has 1 aromatic heterocycles. The van der Waals surface area contributed by atoms with E-state index in [1.807, 2.05) is 47.2 Å². The van der Waals surface area contributed by atoms with Gasteiger partial charge in [-0.2, -0.15) is 4.72 Å². The Balaban J connectivity index is 1.59. The Morgan fingerprint density at radius 1 is 1.00 bits per heavy atom. The van der Waals surface area contributed by atoms with Crippen molar-refractivity contribution >= 4 is 26.9 Å². The molecule has 208 valence electrons. The molecule has 40 heavy (non-hydrogen) atoms. The number of nitrogens with zero attached hydrogens (tertiary/aromatic N) is 1. The quantitative estimate of drug-likeness (QED) is 0.250. The molecule has 1 atom stereocenters. The molecule has 0 aliphatic carbocycles. The van der Waals surface area contributed by atoms with E-state index in [0.717, 1.165) is 16.5 Å². The van der Waals surface area contributed by atoms with Crippen molar-refractivity contribution in [3.05, 3.63) is 84.1 Å². The Kier molecular flexibility index (Phi) is 8.99. The highest BCUT2D eigenvalue weighted by Gasteiger charge is 2.27. The summed E-state index contributed by atoms with van der Waals surface area (Å²) in [5.41, 5.74) is 2.50. The van der Waals surface area contributed by atoms with Gasteiger partial charge in [-0.25, -0.2) is 8.42 Å². The maximum Gasteiger partial charge on any atom is 0.322 e. The number of sulfonamides is 1. The number of carbonyl (C=O) groups is 1. The molecule has 0 spiro atoms. The smallest absolute Gasteiger partial charge is 0.322 e. The van der Waals surface area contributed by atoms with Gasteiger partial charge in [-0.1, -0.05) is 24.1 Å². The van der Waals surface area contributed by atoms with Gasteiger partial charge in [-0.05, 0) is 60.5 Å². The predicted octanol–water partition coefficient (Wildman–Crippen LogP) is 4.08. The van der Waals surface area contributed by atoms with Crippen LogP contribution in [0.5, 0.6) is 17.2 Å². The van der Waals surface area contributed by atoms with Crippen molar-refractivity contribution in [2.45, 2.75) is 30.8 Å². The van der Waals surface area contributed by atoms with Crippen LogP contribution in [0.3, 0.4) is 0 Å². The van der Waals surface area contributed by atoms with Gasteiger partial charge in [0.2, 0.25) is 10.0 Å². The molecule has 0 amide bonds. The monoisotopic (exact) mass is 562 g/mol. The number of hydrogen-bond donors (Lipinski definition) is 2. The molecule has 0 radical (unpaired) electrons. The minimum Gasteiger partial charge on any atom is -0.497 e. The molecule has 2 N–H and O–H groups in total. The number of ether oxygens (including phenoxy) is 3. The average molecular weight is 563 g/mol. The Labute approximate surface area is 233 Å². The summed E-state index contributed by atoms with van der Waals surface area (Å²) in [6, 6.07) is 17.5. The number of fused-ring (bicyclic) bond motifs is 1. The third-order valence-electron chi connectivity index (χ3n) is 6.28. The first-order valence-corrected chi connectivity index (χ1v) is 13.9. The Bertz CT molecular complexity index is 1640. The van der Waals surface area contributed by atoms with Gasteiger partial charge < -0.3 is 23.9 Å². The van der Waals surface area contributed by atoms with Gasteiger partial charge in [0, 0.05) is 36.1 Å². The van der Waals surface area contributed by atoms with Crippen LogP contribution < -0.4 is 18.9 Å². The molecular weight excluding hydrogens is 532 g/mol. The molecular formula is C30H30N2O7S. The number of carboxylic acid groups (broad SMARTS) is 1. The second-order valence-electron chi connectivity index (χ2n) is 8.92. The molecule has 3 aromatic carbocycles. The van der Waals surface area contributed by atoms with E-state index in [0.29, 0.717) is 29.4 Å². The van der Waals surface area contributed by atoms with E-state index in [4.69, 9.17) is 14.2 Å². The molecule has 0 saturated heterocycles. The summed E-state index contributed by atoms with van der Waals surface area (Å²) < 4.78 is 46.7. The molecule has 0 unspecified atom stereocenters. The third kappa shape index (κ3) is 6.75. The highest BCUT2D eigenvalue weighted by Crippen LogP contribution is 2.27. The van der Waals surface area contributed by atoms with Crippen molar-refractivity contribution in [3.63, 3.8) is 0 Å². The Morgan fingerprint density at radius 3 is 2.30 bits per heavy atom. The van der Waals surface area contributed by atoms with Crippen LogP contribution in [0.4, 0.5) is 0 Å². The van der Waals surface area contributed by atoms with Gasteiger partial charge in [-0.3, -0.25) is 4.79 Å². The van der Waals surface area contributed by atoms with Gasteiger partial charge in [0.15, 0.2) is 0 Å². The molecule has 0 fully saturated rings. The van der Waals surface area contributed by atoms with Crippen LogP contribution in [-0.2, 0) is 27.8 Å². The molecule has 0 aliphatic rings. The summed E-state index contributed by atoms with van der Waals surface area (Å²) in [6.45, 7) is 2.34. The van der Waals surface area contributed by atoms with Crippen LogP contribution >= 0.6 is 0 Å². The molecule has 0 aliphatic heterocycles. The van der Waals surface area contributed by atoms with Crippen molar-refractivity contribution in [1.29, 1.82) is 0 Å². The summed E-state index contributed by atoms with van der Waals surface area (Å²) in [5.74, 6) is 5.95. The largest absolute Gasteiger partial charge is 0.497 e. The topological polar surface area (TPSA) is 116 Å². The number of methoxy groups -OCH3 is 2. The molecule has 10 heteroatoms. The van der Waals surface area contributed by atoms with Crippen molar-refractivity contribution in [2.75, 3.05) is 20.8 Å². The summed E-state index contributed by atoms with van der Waals surface area (Å²) in [7, 11) is -0.960. The Morgan fingerprint density at radius 2 is 1.68 bits per heavy atom. The van der Waals surface area contributed by atoms with Gasteiger partial charge in [0.1, 0.15) is 29.9 Å². The zero-order valence-electron chi connectivity index (χ0n) is 22.4. The number of rotatable bonds is 12. The van der Waals surface area contributed by atoms with Crippen LogP contribution in [0, 0.1) is 11.8 Å². The first-order chi connectivity index (χ1) is 19.2. The minimum absolute atomic E-state index is 0.0552. The van der Waals surface area contributed by atoms with Crippen LogP contribution in [0.2, 0.25) is 0 Å². The first-order valence-electron chi connectivity index (χ1n) is 12.4. The van der Waals surface area contributed by atoms with Gasteiger partial charge >= 0.3 is 5.97 Å². The molecule has 4 aromatic rings. The number of aliphatic carboxylic acids is 1. The van der Waals surface area contributed by atoms with Crippen LogP contribution in [0.15, 0.2) is 77.8 Å². The van der Waals surface area contributed by atoms with E-state index < -0.39 is 22.0 Å². The van der Waals surface area contributed by atoms with E-state index in [1.54, 1.807) is 27.2 Å². The van der Waals surface area contributed by atoms with Crippen molar-refractivity contribution < 1.29 is 32.5 Å². The maximum absolute atomic E-state index is 13.1. The third-order valence-corrected chi connectivity index (χ3v) is 7.76. The molecule has 0 bridgehead atoms. The van der Waals surface area contributed by atoms with E-state index >= 15 is 0 Å². The second kappa shape index (κ2) is 12.6. The van der Waals surface area contributed by atoms with Crippen LogP contribution in [0.25, 0.3) is 10.9 Å².